The number of aryl methyl sites for hydroxylation is 2. The first-order valence-electron chi connectivity index (χ1n) is 4.84. The van der Waals surface area contributed by atoms with E-state index in [0.29, 0.717) is 0 Å². The van der Waals surface area contributed by atoms with E-state index in [1.54, 1.807) is 6.20 Å². The van der Waals surface area contributed by atoms with Crippen LogP contribution in [0.2, 0.25) is 0 Å². The average molecular weight is 206 g/mol. The third kappa shape index (κ3) is 2.21. The van der Waals surface area contributed by atoms with Gasteiger partial charge in [-0.05, 0) is 6.42 Å². The largest absolute Gasteiger partial charge is 0.338 e. The van der Waals surface area contributed by atoms with Crippen LogP contribution in [-0.4, -0.2) is 24.7 Å². The second kappa shape index (κ2) is 4.22. The molecule has 1 atom stereocenters. The molecule has 0 spiro atoms. The fraction of sp³-hybridized carbons (Fsp3) is 0.444. The van der Waals surface area contributed by atoms with E-state index < -0.39 is 0 Å². The highest BCUT2D eigenvalue weighted by molar-refractivity contribution is 4.95. The Balaban J connectivity index is 1.91. The molecule has 0 saturated heterocycles. The van der Waals surface area contributed by atoms with Crippen molar-refractivity contribution in [3.63, 3.8) is 0 Å². The van der Waals surface area contributed by atoms with Crippen LogP contribution >= 0.6 is 0 Å². The van der Waals surface area contributed by atoms with Crippen LogP contribution in [0.3, 0.4) is 0 Å². The van der Waals surface area contributed by atoms with Gasteiger partial charge in [-0.2, -0.15) is 5.10 Å². The van der Waals surface area contributed by atoms with E-state index in [1.807, 2.05) is 17.8 Å². The van der Waals surface area contributed by atoms with Crippen molar-refractivity contribution in [3.8, 4) is 0 Å². The zero-order valence-corrected chi connectivity index (χ0v) is 8.59. The third-order valence-electron chi connectivity index (χ3n) is 2.38. The van der Waals surface area contributed by atoms with Gasteiger partial charge in [0.2, 0.25) is 0 Å². The summed E-state index contributed by atoms with van der Waals surface area (Å²) in [5.74, 6) is 1.76. The summed E-state index contributed by atoms with van der Waals surface area (Å²) in [6, 6.07) is -0.107. The van der Waals surface area contributed by atoms with Gasteiger partial charge in [0.1, 0.15) is 18.0 Å². The van der Waals surface area contributed by atoms with Gasteiger partial charge >= 0.3 is 0 Å². The summed E-state index contributed by atoms with van der Waals surface area (Å²) in [6.45, 7) is 0. The average Bonchev–Trinajstić information content (AvgIpc) is 2.85. The molecule has 0 aliphatic heterocycles. The third-order valence-corrected chi connectivity index (χ3v) is 2.38. The lowest BCUT2D eigenvalue weighted by atomic mass is 10.1. The number of hydrogen-bond acceptors (Lipinski definition) is 4. The molecule has 0 aliphatic carbocycles. The Hall–Kier alpha value is -1.69. The summed E-state index contributed by atoms with van der Waals surface area (Å²) >= 11 is 0. The molecule has 15 heavy (non-hydrogen) atoms. The summed E-state index contributed by atoms with van der Waals surface area (Å²) < 4.78 is 1.99. The molecule has 0 aromatic carbocycles. The van der Waals surface area contributed by atoms with Gasteiger partial charge in [-0.15, -0.1) is 0 Å². The number of aromatic nitrogens is 5. The van der Waals surface area contributed by atoms with Crippen molar-refractivity contribution in [2.75, 3.05) is 0 Å². The van der Waals surface area contributed by atoms with Crippen LogP contribution in [0.4, 0.5) is 0 Å². The van der Waals surface area contributed by atoms with E-state index >= 15 is 0 Å². The van der Waals surface area contributed by atoms with E-state index in [1.165, 1.54) is 6.33 Å². The SMILES string of the molecule is Cn1ccnc1CCC(N)c1ncn[nH]1. The van der Waals surface area contributed by atoms with Crippen molar-refractivity contribution in [2.24, 2.45) is 12.8 Å². The predicted octanol–water partition coefficient (Wildman–Crippen LogP) is 0.171. The normalized spacial score (nSPS) is 12.9. The Morgan fingerprint density at radius 1 is 1.53 bits per heavy atom. The second-order valence-electron chi connectivity index (χ2n) is 3.47. The van der Waals surface area contributed by atoms with Crippen LogP contribution in [0.5, 0.6) is 0 Å². The van der Waals surface area contributed by atoms with Crippen molar-refractivity contribution in [1.29, 1.82) is 0 Å². The molecule has 0 bridgehead atoms. The number of hydrogen-bond donors (Lipinski definition) is 2. The van der Waals surface area contributed by atoms with Crippen molar-refractivity contribution in [3.05, 3.63) is 30.4 Å². The van der Waals surface area contributed by atoms with Crippen LogP contribution in [0, 0.1) is 0 Å². The Morgan fingerprint density at radius 3 is 3.00 bits per heavy atom. The Morgan fingerprint density at radius 2 is 2.40 bits per heavy atom. The Bertz CT molecular complexity index is 404. The van der Waals surface area contributed by atoms with Crippen molar-refractivity contribution >= 4 is 0 Å². The molecule has 0 saturated carbocycles. The van der Waals surface area contributed by atoms with Crippen LogP contribution in [0.15, 0.2) is 18.7 Å². The maximum atomic E-state index is 5.94. The smallest absolute Gasteiger partial charge is 0.141 e. The van der Waals surface area contributed by atoms with E-state index in [2.05, 4.69) is 20.2 Å². The molecular weight excluding hydrogens is 192 g/mol. The number of nitrogens with zero attached hydrogens (tertiary/aromatic N) is 4. The molecule has 6 nitrogen and oxygen atoms in total. The molecule has 80 valence electrons. The van der Waals surface area contributed by atoms with E-state index in [-0.39, 0.29) is 6.04 Å². The van der Waals surface area contributed by atoms with Crippen LogP contribution < -0.4 is 5.73 Å². The quantitative estimate of drug-likeness (QED) is 0.746. The zero-order chi connectivity index (χ0) is 10.7. The lowest BCUT2D eigenvalue weighted by Crippen LogP contribution is -2.14. The van der Waals surface area contributed by atoms with Crippen LogP contribution in [-0.2, 0) is 13.5 Å². The van der Waals surface area contributed by atoms with Gasteiger partial charge in [-0.25, -0.2) is 9.97 Å². The van der Waals surface area contributed by atoms with Crippen molar-refractivity contribution in [2.45, 2.75) is 18.9 Å². The first kappa shape index (κ1) is 9.85. The summed E-state index contributed by atoms with van der Waals surface area (Å²) in [5, 5.41) is 6.54. The minimum atomic E-state index is -0.107. The topological polar surface area (TPSA) is 85.4 Å². The molecule has 1 unspecified atom stereocenters. The molecule has 3 N–H and O–H groups in total. The monoisotopic (exact) mass is 206 g/mol. The molecule has 2 aromatic heterocycles. The number of nitrogens with two attached hydrogens (primary N) is 1. The molecule has 0 radical (unpaired) electrons. The van der Waals surface area contributed by atoms with Gasteiger partial charge in [0.25, 0.3) is 0 Å². The lowest BCUT2D eigenvalue weighted by molar-refractivity contribution is 0.593. The van der Waals surface area contributed by atoms with Gasteiger partial charge in [-0.1, -0.05) is 0 Å². The maximum Gasteiger partial charge on any atom is 0.141 e. The Labute approximate surface area is 87.5 Å². The highest BCUT2D eigenvalue weighted by atomic mass is 15.2. The van der Waals surface area contributed by atoms with Gasteiger partial charge in [-0.3, -0.25) is 5.10 Å². The number of H-pyrrole nitrogens is 1. The molecule has 0 aliphatic rings. The van der Waals surface area contributed by atoms with E-state index in [0.717, 1.165) is 24.5 Å². The highest BCUT2D eigenvalue weighted by Crippen LogP contribution is 2.10. The first-order chi connectivity index (χ1) is 7.27. The molecule has 6 heteroatoms. The fourth-order valence-corrected chi connectivity index (χ4v) is 1.45. The summed E-state index contributed by atoms with van der Waals surface area (Å²) in [5.41, 5.74) is 5.94. The van der Waals surface area contributed by atoms with Crippen molar-refractivity contribution in [1.82, 2.24) is 24.7 Å². The van der Waals surface area contributed by atoms with Crippen LogP contribution in [0.1, 0.15) is 24.1 Å². The second-order valence-corrected chi connectivity index (χ2v) is 3.47. The predicted molar refractivity (Wildman–Crippen MR) is 54.8 cm³/mol. The van der Waals surface area contributed by atoms with E-state index in [4.69, 9.17) is 5.73 Å². The molecule has 2 aromatic rings. The summed E-state index contributed by atoms with van der Waals surface area (Å²) in [6.07, 6.45) is 6.83. The van der Waals surface area contributed by atoms with Crippen LogP contribution in [0.25, 0.3) is 0 Å². The maximum absolute atomic E-state index is 5.94. The summed E-state index contributed by atoms with van der Waals surface area (Å²) in [4.78, 5) is 8.25. The van der Waals surface area contributed by atoms with Crippen molar-refractivity contribution < 1.29 is 0 Å². The molecule has 0 fully saturated rings. The molecular formula is C9H14N6. The minimum Gasteiger partial charge on any atom is -0.338 e. The number of imidazole rings is 1. The number of nitrogens with one attached hydrogen (secondary N) is 1. The first-order valence-corrected chi connectivity index (χ1v) is 4.84. The minimum absolute atomic E-state index is 0.107. The van der Waals surface area contributed by atoms with Gasteiger partial charge in [0, 0.05) is 25.9 Å². The standard InChI is InChI=1S/C9H14N6/c1-15-5-4-11-8(15)3-2-7(10)9-12-6-13-14-9/h4-7H,2-3,10H2,1H3,(H,12,13,14). The van der Waals surface area contributed by atoms with Gasteiger partial charge in [0.05, 0.1) is 6.04 Å². The fourth-order valence-electron chi connectivity index (χ4n) is 1.45. The molecule has 2 heterocycles. The lowest BCUT2D eigenvalue weighted by Gasteiger charge is -2.07. The van der Waals surface area contributed by atoms with Gasteiger partial charge in [0.15, 0.2) is 0 Å². The van der Waals surface area contributed by atoms with Gasteiger partial charge < -0.3 is 10.3 Å². The summed E-state index contributed by atoms with van der Waals surface area (Å²) in [7, 11) is 1.97. The number of rotatable bonds is 4. The molecule has 2 rings (SSSR count). The number of aromatic amines is 1. The van der Waals surface area contributed by atoms with E-state index in [9.17, 15) is 0 Å². The Kier molecular flexibility index (Phi) is 2.77. The zero-order valence-electron chi connectivity index (χ0n) is 8.59. The highest BCUT2D eigenvalue weighted by Gasteiger charge is 2.10. The molecule has 0 amide bonds.